The van der Waals surface area contributed by atoms with Gasteiger partial charge in [0.2, 0.25) is 0 Å². The van der Waals surface area contributed by atoms with Crippen LogP contribution in [0.25, 0.3) is 11.3 Å². The highest BCUT2D eigenvalue weighted by Gasteiger charge is 2.23. The summed E-state index contributed by atoms with van der Waals surface area (Å²) in [5, 5.41) is 10.5. The summed E-state index contributed by atoms with van der Waals surface area (Å²) >= 11 is 1.37. The van der Waals surface area contributed by atoms with Crippen LogP contribution in [0.5, 0.6) is 0 Å². The fraction of sp³-hybridized carbons (Fsp3) is 0.208. The summed E-state index contributed by atoms with van der Waals surface area (Å²) < 4.78 is 0. The molecular weight excluding hydrogens is 364 g/mol. The average Bonchev–Trinajstić information content (AvgIpc) is 2.77. The summed E-state index contributed by atoms with van der Waals surface area (Å²) in [6.07, 6.45) is 4.07. The topological polar surface area (TPSA) is 53.8 Å². The van der Waals surface area contributed by atoms with Crippen molar-refractivity contribution in [3.05, 3.63) is 82.9 Å². The van der Waals surface area contributed by atoms with Crippen LogP contribution in [0, 0.1) is 11.3 Å². The van der Waals surface area contributed by atoms with Gasteiger partial charge in [0, 0.05) is 11.1 Å². The number of fused-ring (bicyclic) bond motifs is 1. The van der Waals surface area contributed by atoms with E-state index in [2.05, 4.69) is 18.2 Å². The number of Topliss-reactive ketones (excluding diaryl/α,β-unsaturated/α-hetero) is 1. The molecule has 3 aromatic rings. The van der Waals surface area contributed by atoms with Crippen molar-refractivity contribution in [3.63, 3.8) is 0 Å². The van der Waals surface area contributed by atoms with Gasteiger partial charge in [-0.15, -0.1) is 0 Å². The third kappa shape index (κ3) is 3.72. The Hall–Kier alpha value is -2.90. The lowest BCUT2D eigenvalue weighted by Crippen LogP contribution is -2.11. The van der Waals surface area contributed by atoms with E-state index in [9.17, 15) is 10.1 Å². The van der Waals surface area contributed by atoms with Gasteiger partial charge in [-0.25, -0.2) is 4.98 Å². The molecule has 0 radical (unpaired) electrons. The molecule has 0 atom stereocenters. The minimum atomic E-state index is 0.0512. The first-order chi connectivity index (χ1) is 13.8. The maximum atomic E-state index is 12.5. The second-order valence-electron chi connectivity index (χ2n) is 6.86. The molecule has 0 amide bonds. The fourth-order valence-corrected chi connectivity index (χ4v) is 4.60. The summed E-state index contributed by atoms with van der Waals surface area (Å²) in [5.41, 5.74) is 5.70. The molecule has 28 heavy (non-hydrogen) atoms. The number of ketones is 1. The molecule has 4 rings (SSSR count). The summed E-state index contributed by atoms with van der Waals surface area (Å²) in [5.74, 6) is 0.328. The molecule has 4 heteroatoms. The number of benzene rings is 2. The zero-order valence-electron chi connectivity index (χ0n) is 15.5. The molecule has 138 valence electrons. The van der Waals surface area contributed by atoms with Crippen LogP contribution >= 0.6 is 11.8 Å². The number of rotatable bonds is 5. The molecule has 0 bridgehead atoms. The van der Waals surface area contributed by atoms with Crippen LogP contribution in [0.4, 0.5) is 0 Å². The zero-order chi connectivity index (χ0) is 19.3. The monoisotopic (exact) mass is 384 g/mol. The molecule has 0 N–H and O–H groups in total. The molecule has 0 fully saturated rings. The van der Waals surface area contributed by atoms with Crippen molar-refractivity contribution in [2.75, 3.05) is 5.75 Å². The first kappa shape index (κ1) is 18.5. The summed E-state index contributed by atoms with van der Waals surface area (Å²) in [6.45, 7) is 0. The van der Waals surface area contributed by atoms with Crippen molar-refractivity contribution in [1.29, 1.82) is 5.26 Å². The predicted molar refractivity (Wildman–Crippen MR) is 113 cm³/mol. The third-order valence-electron chi connectivity index (χ3n) is 5.08. The molecule has 0 unspecified atom stereocenters. The number of hydrogen-bond donors (Lipinski definition) is 0. The fourth-order valence-electron chi connectivity index (χ4n) is 3.69. The second-order valence-corrected chi connectivity index (χ2v) is 7.82. The summed E-state index contributed by atoms with van der Waals surface area (Å²) in [4.78, 5) is 17.4. The number of pyridine rings is 1. The van der Waals surface area contributed by atoms with E-state index in [-0.39, 0.29) is 11.5 Å². The van der Waals surface area contributed by atoms with Crippen molar-refractivity contribution >= 4 is 17.5 Å². The Balaban J connectivity index is 1.72. The molecule has 0 saturated heterocycles. The smallest absolute Gasteiger partial charge is 0.173 e. The van der Waals surface area contributed by atoms with E-state index < -0.39 is 0 Å². The Morgan fingerprint density at radius 1 is 0.964 bits per heavy atom. The van der Waals surface area contributed by atoms with E-state index in [0.717, 1.165) is 42.5 Å². The SMILES string of the molecule is N#Cc1c(SCC(=O)c2ccccc2)nc(-c2ccccc2)c2c1CCCC2. The number of thioether (sulfide) groups is 1. The maximum absolute atomic E-state index is 12.5. The standard InChI is InChI=1S/C24H20N2OS/c25-15-21-19-13-7-8-14-20(19)23(18-11-5-2-6-12-18)26-24(21)28-16-22(27)17-9-3-1-4-10-17/h1-6,9-12H,7-8,13-14,16H2. The van der Waals surface area contributed by atoms with Gasteiger partial charge in [0.25, 0.3) is 0 Å². The van der Waals surface area contributed by atoms with Gasteiger partial charge in [0.05, 0.1) is 17.0 Å². The lowest BCUT2D eigenvalue weighted by Gasteiger charge is -2.22. The van der Waals surface area contributed by atoms with Crippen molar-refractivity contribution in [2.45, 2.75) is 30.7 Å². The Labute approximate surface area is 169 Å². The summed E-state index contributed by atoms with van der Waals surface area (Å²) in [7, 11) is 0. The molecule has 1 aliphatic rings. The van der Waals surface area contributed by atoms with Crippen LogP contribution in [0.1, 0.15) is 39.9 Å². The quantitative estimate of drug-likeness (QED) is 0.432. The molecule has 1 heterocycles. The van der Waals surface area contributed by atoms with Crippen molar-refractivity contribution < 1.29 is 4.79 Å². The Morgan fingerprint density at radius 2 is 1.61 bits per heavy atom. The number of hydrogen-bond acceptors (Lipinski definition) is 4. The van der Waals surface area contributed by atoms with Crippen LogP contribution < -0.4 is 0 Å². The number of carbonyl (C=O) groups excluding carboxylic acids is 1. The molecule has 0 saturated carbocycles. The van der Waals surface area contributed by atoms with E-state index in [4.69, 9.17) is 4.98 Å². The molecule has 0 spiro atoms. The lowest BCUT2D eigenvalue weighted by atomic mass is 9.86. The average molecular weight is 385 g/mol. The second kappa shape index (κ2) is 8.41. The zero-order valence-corrected chi connectivity index (χ0v) is 16.3. The first-order valence-electron chi connectivity index (χ1n) is 9.50. The highest BCUT2D eigenvalue weighted by molar-refractivity contribution is 8.00. The predicted octanol–water partition coefficient (Wildman–Crippen LogP) is 5.47. The van der Waals surface area contributed by atoms with Gasteiger partial charge in [-0.2, -0.15) is 5.26 Å². The highest BCUT2D eigenvalue weighted by Crippen LogP contribution is 2.36. The van der Waals surface area contributed by atoms with Gasteiger partial charge in [-0.05, 0) is 36.8 Å². The van der Waals surface area contributed by atoms with Gasteiger partial charge < -0.3 is 0 Å². The van der Waals surface area contributed by atoms with Gasteiger partial charge in [-0.3, -0.25) is 4.79 Å². The van der Waals surface area contributed by atoms with E-state index in [1.165, 1.54) is 17.3 Å². The lowest BCUT2D eigenvalue weighted by molar-refractivity contribution is 0.102. The Bertz CT molecular complexity index is 1040. The van der Waals surface area contributed by atoms with Crippen LogP contribution in [0.3, 0.4) is 0 Å². The summed E-state index contributed by atoms with van der Waals surface area (Å²) in [6, 6.07) is 21.8. The number of carbonyl (C=O) groups is 1. The molecule has 1 aliphatic carbocycles. The van der Waals surface area contributed by atoms with Gasteiger partial charge in [0.1, 0.15) is 11.1 Å². The first-order valence-corrected chi connectivity index (χ1v) is 10.5. The molecular formula is C24H20N2OS. The molecule has 3 nitrogen and oxygen atoms in total. The minimum Gasteiger partial charge on any atom is -0.293 e. The van der Waals surface area contributed by atoms with Crippen molar-refractivity contribution in [1.82, 2.24) is 4.98 Å². The van der Waals surface area contributed by atoms with Crippen LogP contribution in [-0.2, 0) is 12.8 Å². The van der Waals surface area contributed by atoms with Gasteiger partial charge >= 0.3 is 0 Å². The molecule has 2 aromatic carbocycles. The molecule has 1 aromatic heterocycles. The third-order valence-corrected chi connectivity index (χ3v) is 6.05. The van der Waals surface area contributed by atoms with E-state index in [0.29, 0.717) is 16.2 Å². The van der Waals surface area contributed by atoms with E-state index in [1.807, 2.05) is 48.5 Å². The highest BCUT2D eigenvalue weighted by atomic mass is 32.2. The van der Waals surface area contributed by atoms with E-state index in [1.54, 1.807) is 0 Å². The Kier molecular flexibility index (Phi) is 5.55. The van der Waals surface area contributed by atoms with Crippen LogP contribution in [-0.4, -0.2) is 16.5 Å². The van der Waals surface area contributed by atoms with Gasteiger partial charge in [-0.1, -0.05) is 72.4 Å². The Morgan fingerprint density at radius 3 is 2.29 bits per heavy atom. The molecule has 0 aliphatic heterocycles. The van der Waals surface area contributed by atoms with Crippen molar-refractivity contribution in [2.24, 2.45) is 0 Å². The maximum Gasteiger partial charge on any atom is 0.173 e. The van der Waals surface area contributed by atoms with E-state index >= 15 is 0 Å². The van der Waals surface area contributed by atoms with Crippen LogP contribution in [0.15, 0.2) is 65.7 Å². The van der Waals surface area contributed by atoms with Crippen molar-refractivity contribution in [3.8, 4) is 17.3 Å². The van der Waals surface area contributed by atoms with Gasteiger partial charge in [0.15, 0.2) is 5.78 Å². The van der Waals surface area contributed by atoms with Crippen LogP contribution in [0.2, 0.25) is 0 Å². The minimum absolute atomic E-state index is 0.0512. The number of nitrogens with zero attached hydrogens (tertiary/aromatic N) is 2. The number of nitriles is 1. The number of aromatic nitrogens is 1. The largest absolute Gasteiger partial charge is 0.293 e. The normalized spacial score (nSPS) is 12.8.